The SMILES string of the molecule is Cc1cccc(CCl)c1OCC1CCCO1. The highest BCUT2D eigenvalue weighted by atomic mass is 35.5. The normalized spacial score (nSPS) is 20.0. The summed E-state index contributed by atoms with van der Waals surface area (Å²) in [4.78, 5) is 0. The summed E-state index contributed by atoms with van der Waals surface area (Å²) in [6, 6.07) is 6.05. The number of halogens is 1. The Morgan fingerprint density at radius 1 is 1.50 bits per heavy atom. The van der Waals surface area contributed by atoms with Crippen LogP contribution in [0, 0.1) is 6.92 Å². The van der Waals surface area contributed by atoms with Gasteiger partial charge in [-0.2, -0.15) is 0 Å². The Balaban J connectivity index is 2.01. The molecule has 2 nitrogen and oxygen atoms in total. The molecule has 1 heterocycles. The fourth-order valence-corrected chi connectivity index (χ4v) is 2.19. The third-order valence-corrected chi connectivity index (χ3v) is 3.16. The minimum absolute atomic E-state index is 0.253. The lowest BCUT2D eigenvalue weighted by molar-refractivity contribution is 0.0674. The first-order valence-electron chi connectivity index (χ1n) is 5.70. The zero-order valence-corrected chi connectivity index (χ0v) is 10.3. The molecule has 0 N–H and O–H groups in total. The van der Waals surface area contributed by atoms with Gasteiger partial charge < -0.3 is 9.47 Å². The zero-order valence-electron chi connectivity index (χ0n) is 9.54. The first kappa shape index (κ1) is 11.7. The molecule has 2 rings (SSSR count). The van der Waals surface area contributed by atoms with Gasteiger partial charge in [0.15, 0.2) is 0 Å². The summed E-state index contributed by atoms with van der Waals surface area (Å²) in [6.45, 7) is 3.54. The molecule has 3 heteroatoms. The fourth-order valence-electron chi connectivity index (χ4n) is 1.98. The van der Waals surface area contributed by atoms with Crippen molar-refractivity contribution in [2.24, 2.45) is 0 Å². The van der Waals surface area contributed by atoms with E-state index in [1.807, 2.05) is 25.1 Å². The van der Waals surface area contributed by atoms with E-state index in [1.54, 1.807) is 0 Å². The maximum atomic E-state index is 5.89. The molecule has 1 aromatic rings. The molecule has 1 aliphatic heterocycles. The van der Waals surface area contributed by atoms with Gasteiger partial charge in [0, 0.05) is 12.2 Å². The number of benzene rings is 1. The number of aryl methyl sites for hydroxylation is 1. The van der Waals surface area contributed by atoms with Crippen LogP contribution in [0.3, 0.4) is 0 Å². The Morgan fingerprint density at radius 2 is 2.38 bits per heavy atom. The van der Waals surface area contributed by atoms with Crippen LogP contribution in [-0.4, -0.2) is 19.3 Å². The van der Waals surface area contributed by atoms with Crippen LogP contribution < -0.4 is 4.74 Å². The average Bonchev–Trinajstić information content (AvgIpc) is 2.80. The van der Waals surface area contributed by atoms with Crippen molar-refractivity contribution in [1.29, 1.82) is 0 Å². The van der Waals surface area contributed by atoms with Crippen LogP contribution in [0.15, 0.2) is 18.2 Å². The summed E-state index contributed by atoms with van der Waals surface area (Å²) in [5, 5.41) is 0. The fraction of sp³-hybridized carbons (Fsp3) is 0.538. The van der Waals surface area contributed by atoms with E-state index in [-0.39, 0.29) is 6.10 Å². The molecule has 1 aliphatic rings. The van der Waals surface area contributed by atoms with Gasteiger partial charge in [0.2, 0.25) is 0 Å². The number of ether oxygens (including phenoxy) is 2. The van der Waals surface area contributed by atoms with Gasteiger partial charge in [0.05, 0.1) is 12.0 Å². The lowest BCUT2D eigenvalue weighted by Crippen LogP contribution is -2.17. The van der Waals surface area contributed by atoms with E-state index in [0.29, 0.717) is 12.5 Å². The van der Waals surface area contributed by atoms with Gasteiger partial charge in [-0.25, -0.2) is 0 Å². The third-order valence-electron chi connectivity index (χ3n) is 2.87. The Kier molecular flexibility index (Phi) is 4.08. The number of rotatable bonds is 4. The summed E-state index contributed by atoms with van der Waals surface area (Å²) in [6.07, 6.45) is 2.49. The molecule has 16 heavy (non-hydrogen) atoms. The second-order valence-electron chi connectivity index (χ2n) is 4.14. The molecular weight excluding hydrogens is 224 g/mol. The molecule has 88 valence electrons. The van der Waals surface area contributed by atoms with Gasteiger partial charge >= 0.3 is 0 Å². The van der Waals surface area contributed by atoms with Crippen LogP contribution in [0.4, 0.5) is 0 Å². The molecule has 0 aliphatic carbocycles. The maximum Gasteiger partial charge on any atom is 0.126 e. The highest BCUT2D eigenvalue weighted by molar-refractivity contribution is 6.17. The van der Waals surface area contributed by atoms with Gasteiger partial charge in [-0.15, -0.1) is 11.6 Å². The number of alkyl halides is 1. The standard InChI is InChI=1S/C13H17ClO2/c1-10-4-2-5-11(8-14)13(10)16-9-12-6-3-7-15-12/h2,4-5,12H,3,6-9H2,1H3. The van der Waals surface area contributed by atoms with Crippen LogP contribution in [0.25, 0.3) is 0 Å². The smallest absolute Gasteiger partial charge is 0.126 e. The molecule has 1 atom stereocenters. The second kappa shape index (κ2) is 5.55. The van der Waals surface area contributed by atoms with Crippen molar-refractivity contribution in [3.63, 3.8) is 0 Å². The topological polar surface area (TPSA) is 18.5 Å². The Bertz CT molecular complexity index is 346. The highest BCUT2D eigenvalue weighted by Crippen LogP contribution is 2.26. The summed E-state index contributed by atoms with van der Waals surface area (Å²) in [7, 11) is 0. The van der Waals surface area contributed by atoms with E-state index in [9.17, 15) is 0 Å². The van der Waals surface area contributed by atoms with E-state index in [1.165, 1.54) is 0 Å². The van der Waals surface area contributed by atoms with E-state index >= 15 is 0 Å². The average molecular weight is 241 g/mol. The van der Waals surface area contributed by atoms with Crippen molar-refractivity contribution in [3.8, 4) is 5.75 Å². The van der Waals surface area contributed by atoms with E-state index < -0.39 is 0 Å². The van der Waals surface area contributed by atoms with Crippen LogP contribution in [0.1, 0.15) is 24.0 Å². The van der Waals surface area contributed by atoms with Crippen molar-refractivity contribution in [3.05, 3.63) is 29.3 Å². The monoisotopic (exact) mass is 240 g/mol. The molecule has 1 aromatic carbocycles. The molecule has 0 amide bonds. The zero-order chi connectivity index (χ0) is 11.4. The van der Waals surface area contributed by atoms with Gasteiger partial charge in [-0.05, 0) is 25.3 Å². The van der Waals surface area contributed by atoms with Gasteiger partial charge in [-0.3, -0.25) is 0 Å². The first-order chi connectivity index (χ1) is 7.81. The molecule has 0 aromatic heterocycles. The maximum absolute atomic E-state index is 5.89. The van der Waals surface area contributed by atoms with Crippen LogP contribution in [0.2, 0.25) is 0 Å². The van der Waals surface area contributed by atoms with Crippen molar-refractivity contribution in [1.82, 2.24) is 0 Å². The van der Waals surface area contributed by atoms with E-state index in [2.05, 4.69) is 0 Å². The molecule has 0 bridgehead atoms. The largest absolute Gasteiger partial charge is 0.490 e. The minimum Gasteiger partial charge on any atom is -0.490 e. The molecule has 1 unspecified atom stereocenters. The lowest BCUT2D eigenvalue weighted by atomic mass is 10.1. The van der Waals surface area contributed by atoms with Gasteiger partial charge in [0.25, 0.3) is 0 Å². The van der Waals surface area contributed by atoms with E-state index in [0.717, 1.165) is 36.3 Å². The Hall–Kier alpha value is -0.730. The van der Waals surface area contributed by atoms with Crippen molar-refractivity contribution in [2.45, 2.75) is 31.7 Å². The van der Waals surface area contributed by atoms with Crippen molar-refractivity contribution < 1.29 is 9.47 Å². The van der Waals surface area contributed by atoms with Crippen molar-refractivity contribution in [2.75, 3.05) is 13.2 Å². The second-order valence-corrected chi connectivity index (χ2v) is 4.41. The van der Waals surface area contributed by atoms with Crippen LogP contribution >= 0.6 is 11.6 Å². The van der Waals surface area contributed by atoms with Gasteiger partial charge in [0.1, 0.15) is 12.4 Å². The molecule has 1 fully saturated rings. The molecule has 1 saturated heterocycles. The quantitative estimate of drug-likeness (QED) is 0.752. The molecule has 0 saturated carbocycles. The summed E-state index contributed by atoms with van der Waals surface area (Å²) in [5.74, 6) is 1.41. The summed E-state index contributed by atoms with van der Waals surface area (Å²) < 4.78 is 11.4. The summed E-state index contributed by atoms with van der Waals surface area (Å²) in [5.41, 5.74) is 2.19. The summed E-state index contributed by atoms with van der Waals surface area (Å²) >= 11 is 5.89. The first-order valence-corrected chi connectivity index (χ1v) is 6.23. The number of hydrogen-bond acceptors (Lipinski definition) is 2. The van der Waals surface area contributed by atoms with Crippen LogP contribution in [-0.2, 0) is 10.6 Å². The predicted octanol–water partition coefficient (Wildman–Crippen LogP) is 3.29. The minimum atomic E-state index is 0.253. The third kappa shape index (κ3) is 2.69. The lowest BCUT2D eigenvalue weighted by Gasteiger charge is -2.15. The Morgan fingerprint density at radius 3 is 3.06 bits per heavy atom. The van der Waals surface area contributed by atoms with Crippen LogP contribution in [0.5, 0.6) is 5.75 Å². The highest BCUT2D eigenvalue weighted by Gasteiger charge is 2.17. The predicted molar refractivity (Wildman–Crippen MR) is 65.2 cm³/mol. The number of para-hydroxylation sites is 1. The molecule has 0 radical (unpaired) electrons. The molecule has 0 spiro atoms. The van der Waals surface area contributed by atoms with Gasteiger partial charge in [-0.1, -0.05) is 18.2 Å². The van der Waals surface area contributed by atoms with Crippen molar-refractivity contribution >= 4 is 11.6 Å². The van der Waals surface area contributed by atoms with E-state index in [4.69, 9.17) is 21.1 Å². The Labute approximate surface area is 102 Å². The number of hydrogen-bond donors (Lipinski definition) is 0. The molecular formula is C13H17ClO2.